The molecule has 0 amide bonds. The Balaban J connectivity index is 1.34. The predicted molar refractivity (Wildman–Crippen MR) is 167 cm³/mol. The van der Waals surface area contributed by atoms with Gasteiger partial charge in [0.2, 0.25) is 0 Å². The van der Waals surface area contributed by atoms with Crippen molar-refractivity contribution in [2.75, 3.05) is 37.7 Å². The summed E-state index contributed by atoms with van der Waals surface area (Å²) < 4.78 is 45.0. The van der Waals surface area contributed by atoms with Gasteiger partial charge in [0.25, 0.3) is 0 Å². The zero-order valence-corrected chi connectivity index (χ0v) is 26.0. The summed E-state index contributed by atoms with van der Waals surface area (Å²) in [5.41, 5.74) is 3.44. The maximum Gasteiger partial charge on any atom is 0.422 e. The van der Waals surface area contributed by atoms with Crippen LogP contribution in [0.15, 0.2) is 48.7 Å². The van der Waals surface area contributed by atoms with Crippen LogP contribution in [0.1, 0.15) is 84.9 Å². The van der Waals surface area contributed by atoms with Gasteiger partial charge in [-0.15, -0.1) is 0 Å². The summed E-state index contributed by atoms with van der Waals surface area (Å²) in [5, 5.41) is 0.364. The van der Waals surface area contributed by atoms with E-state index in [4.69, 9.17) is 16.3 Å². The maximum atomic E-state index is 13.2. The van der Waals surface area contributed by atoms with Gasteiger partial charge in [-0.05, 0) is 56.8 Å². The lowest BCUT2D eigenvalue weighted by atomic mass is 9.97. The van der Waals surface area contributed by atoms with E-state index < -0.39 is 12.8 Å². The molecule has 0 atom stereocenters. The second kappa shape index (κ2) is 14.7. The highest BCUT2D eigenvalue weighted by atomic mass is 35.5. The molecule has 2 aromatic carbocycles. The van der Waals surface area contributed by atoms with Gasteiger partial charge in [-0.1, -0.05) is 55.3 Å². The molecule has 2 aliphatic heterocycles. The average Bonchev–Trinajstić information content (AvgIpc) is 3.02. The molecule has 6 nitrogen and oxygen atoms in total. The van der Waals surface area contributed by atoms with Crippen LogP contribution in [0.4, 0.5) is 18.9 Å². The fourth-order valence-corrected chi connectivity index (χ4v) is 6.42. The topological polar surface area (TPSA) is 58.6 Å². The molecule has 0 N–H and O–H groups in total. The number of likely N-dealkylation sites (tertiary alicyclic amines) is 1. The Morgan fingerprint density at radius 1 is 1.00 bits per heavy atom. The van der Waals surface area contributed by atoms with E-state index in [0.29, 0.717) is 46.6 Å². The SMILES string of the molecule is CCCC(=O)c1ccccc1Cc1nc(Cc2ccc(N3CCC(N4CCCCC4)CC3)cc2OCC(F)(F)F)ncc1Cl. The van der Waals surface area contributed by atoms with Crippen molar-refractivity contribution < 1.29 is 22.7 Å². The van der Waals surface area contributed by atoms with Crippen molar-refractivity contribution in [2.45, 2.75) is 76.9 Å². The lowest BCUT2D eigenvalue weighted by Crippen LogP contribution is -2.46. The molecule has 44 heavy (non-hydrogen) atoms. The van der Waals surface area contributed by atoms with E-state index in [1.54, 1.807) is 6.07 Å². The van der Waals surface area contributed by atoms with E-state index in [9.17, 15) is 18.0 Å². The minimum atomic E-state index is -4.47. The molecule has 1 aromatic heterocycles. The van der Waals surface area contributed by atoms with Crippen LogP contribution in [0.5, 0.6) is 5.75 Å². The molecular weight excluding hydrogens is 589 g/mol. The third-order valence-electron chi connectivity index (χ3n) is 8.55. The highest BCUT2D eigenvalue weighted by Crippen LogP contribution is 2.32. The Morgan fingerprint density at radius 3 is 2.48 bits per heavy atom. The number of nitrogens with zero attached hydrogens (tertiary/aromatic N) is 4. The van der Waals surface area contributed by atoms with E-state index in [0.717, 1.165) is 56.7 Å². The molecular formula is C34H40ClF3N4O2. The second-order valence-corrected chi connectivity index (χ2v) is 12.2. The zero-order valence-electron chi connectivity index (χ0n) is 25.2. The number of benzene rings is 2. The van der Waals surface area contributed by atoms with E-state index in [1.165, 1.54) is 25.5 Å². The van der Waals surface area contributed by atoms with Gasteiger partial charge in [-0.25, -0.2) is 9.97 Å². The first-order chi connectivity index (χ1) is 21.2. The summed E-state index contributed by atoms with van der Waals surface area (Å²) in [5.74, 6) is 0.651. The molecule has 0 saturated carbocycles. The van der Waals surface area contributed by atoms with E-state index in [-0.39, 0.29) is 18.0 Å². The number of piperidine rings is 2. The van der Waals surface area contributed by atoms with Gasteiger partial charge in [0.1, 0.15) is 11.6 Å². The van der Waals surface area contributed by atoms with Crippen molar-refractivity contribution in [2.24, 2.45) is 0 Å². The van der Waals surface area contributed by atoms with Gasteiger partial charge >= 0.3 is 6.18 Å². The standard InChI is InChI=1S/C34H40ClF3N4O2/c1-2-8-31(43)28-10-5-4-9-24(28)19-30-29(35)22-39-33(40-30)20-25-11-12-27(21-32(25)44-23-34(36,37)38)42-17-13-26(14-18-42)41-15-6-3-7-16-41/h4-5,9-12,21-22,26H,2-3,6-8,13-20,23H2,1H3. The van der Waals surface area contributed by atoms with Crippen LogP contribution in [0.25, 0.3) is 0 Å². The number of carbonyl (C=O) groups excluding carboxylic acids is 1. The summed E-state index contributed by atoms with van der Waals surface area (Å²) in [6, 6.07) is 13.5. The first kappa shape index (κ1) is 32.2. The van der Waals surface area contributed by atoms with Crippen LogP contribution in [0, 0.1) is 0 Å². The summed E-state index contributed by atoms with van der Waals surface area (Å²) in [6.07, 6.45) is 4.64. The molecule has 2 saturated heterocycles. The monoisotopic (exact) mass is 628 g/mol. The molecule has 3 heterocycles. The van der Waals surface area contributed by atoms with Crippen molar-refractivity contribution in [3.05, 3.63) is 81.9 Å². The van der Waals surface area contributed by atoms with Crippen molar-refractivity contribution in [3.8, 4) is 5.75 Å². The third kappa shape index (κ3) is 8.51. The lowest BCUT2D eigenvalue weighted by Gasteiger charge is -2.41. The van der Waals surface area contributed by atoms with Gasteiger partial charge < -0.3 is 14.5 Å². The summed E-state index contributed by atoms with van der Waals surface area (Å²) >= 11 is 6.47. The first-order valence-electron chi connectivity index (χ1n) is 15.6. The normalized spacial score (nSPS) is 16.7. The van der Waals surface area contributed by atoms with Crippen LogP contribution in [-0.4, -0.2) is 65.7 Å². The van der Waals surface area contributed by atoms with E-state index in [1.807, 2.05) is 43.3 Å². The molecule has 0 radical (unpaired) electrons. The van der Waals surface area contributed by atoms with Crippen LogP contribution >= 0.6 is 11.6 Å². The van der Waals surface area contributed by atoms with Crippen LogP contribution in [0.2, 0.25) is 5.02 Å². The van der Waals surface area contributed by atoms with Gasteiger partial charge in [0, 0.05) is 67.5 Å². The molecule has 2 aliphatic rings. The minimum Gasteiger partial charge on any atom is -0.484 e. The highest BCUT2D eigenvalue weighted by molar-refractivity contribution is 6.31. The number of ether oxygens (including phenoxy) is 1. The largest absolute Gasteiger partial charge is 0.484 e. The number of halogens is 4. The molecule has 5 rings (SSSR count). The van der Waals surface area contributed by atoms with Gasteiger partial charge in [-0.3, -0.25) is 4.79 Å². The summed E-state index contributed by atoms with van der Waals surface area (Å²) in [4.78, 5) is 26.6. The zero-order chi connectivity index (χ0) is 31.1. The lowest BCUT2D eigenvalue weighted by molar-refractivity contribution is -0.153. The number of hydrogen-bond donors (Lipinski definition) is 0. The molecule has 10 heteroatoms. The van der Waals surface area contributed by atoms with Gasteiger partial charge in [0.05, 0.1) is 10.7 Å². The quantitative estimate of drug-likeness (QED) is 0.203. The molecule has 2 fully saturated rings. The molecule has 236 valence electrons. The average molecular weight is 629 g/mol. The fourth-order valence-electron chi connectivity index (χ4n) is 6.26. The Bertz CT molecular complexity index is 1420. The molecule has 0 aliphatic carbocycles. The number of Topliss-reactive ketones (excluding diaryl/α,β-unsaturated/α-hetero) is 1. The molecule has 0 bridgehead atoms. The molecule has 0 unspecified atom stereocenters. The number of aromatic nitrogens is 2. The third-order valence-corrected chi connectivity index (χ3v) is 8.86. The minimum absolute atomic E-state index is 0.0655. The smallest absolute Gasteiger partial charge is 0.422 e. The second-order valence-electron chi connectivity index (χ2n) is 11.8. The number of ketones is 1. The van der Waals surface area contributed by atoms with E-state index >= 15 is 0 Å². The van der Waals surface area contributed by atoms with Crippen molar-refractivity contribution in [1.29, 1.82) is 0 Å². The number of alkyl halides is 3. The number of rotatable bonds is 11. The fraction of sp³-hybridized carbons (Fsp3) is 0.500. The maximum absolute atomic E-state index is 13.2. The highest BCUT2D eigenvalue weighted by Gasteiger charge is 2.30. The predicted octanol–water partition coefficient (Wildman–Crippen LogP) is 7.69. The Kier molecular flexibility index (Phi) is 10.8. The first-order valence-corrected chi connectivity index (χ1v) is 16.0. The van der Waals surface area contributed by atoms with Crippen molar-refractivity contribution in [1.82, 2.24) is 14.9 Å². The molecule has 0 spiro atoms. The molecule has 3 aromatic rings. The summed E-state index contributed by atoms with van der Waals surface area (Å²) in [6.45, 7) is 4.61. The number of anilines is 1. The Labute approximate surface area is 262 Å². The van der Waals surface area contributed by atoms with Crippen LogP contribution in [0.3, 0.4) is 0 Å². The van der Waals surface area contributed by atoms with Crippen LogP contribution in [-0.2, 0) is 12.8 Å². The Hall–Kier alpha value is -3.17. The number of hydrogen-bond acceptors (Lipinski definition) is 6. The number of carbonyl (C=O) groups is 1. The van der Waals surface area contributed by atoms with Gasteiger partial charge in [-0.2, -0.15) is 13.2 Å². The van der Waals surface area contributed by atoms with Gasteiger partial charge in [0.15, 0.2) is 12.4 Å². The van der Waals surface area contributed by atoms with Crippen molar-refractivity contribution in [3.63, 3.8) is 0 Å². The van der Waals surface area contributed by atoms with Crippen LogP contribution < -0.4 is 9.64 Å². The van der Waals surface area contributed by atoms with Crippen molar-refractivity contribution >= 4 is 23.1 Å². The summed E-state index contributed by atoms with van der Waals surface area (Å²) in [7, 11) is 0. The van der Waals surface area contributed by atoms with E-state index in [2.05, 4.69) is 19.8 Å². The Morgan fingerprint density at radius 2 is 1.75 bits per heavy atom.